The molecule has 0 aliphatic carbocycles. The topological polar surface area (TPSA) is 85.7 Å². The van der Waals surface area contributed by atoms with Crippen molar-refractivity contribution in [2.45, 2.75) is 6.61 Å². The average Bonchev–Trinajstić information content (AvgIpc) is 3.14. The number of nitrogens with one attached hydrogen (secondary N) is 1. The van der Waals surface area contributed by atoms with E-state index >= 15 is 0 Å². The molecule has 0 unspecified atom stereocenters. The monoisotopic (exact) mass is 347 g/mol. The number of carbonyl (C=O) groups excluding carboxylic acids is 1. The van der Waals surface area contributed by atoms with Gasteiger partial charge in [-0.15, -0.1) is 5.10 Å². The molecule has 8 heteroatoms. The van der Waals surface area contributed by atoms with E-state index in [4.69, 9.17) is 4.74 Å². The number of H-pyrrole nitrogens is 1. The molecular formula is C13H10BrN5O2. The van der Waals surface area contributed by atoms with Crippen molar-refractivity contribution in [2.24, 2.45) is 0 Å². The smallest absolute Gasteiger partial charge is 0.355 e. The minimum atomic E-state index is -0.469. The number of hydrogen-bond donors (Lipinski definition) is 1. The van der Waals surface area contributed by atoms with Crippen molar-refractivity contribution in [1.29, 1.82) is 0 Å². The van der Waals surface area contributed by atoms with Crippen LogP contribution in [0, 0.1) is 0 Å². The zero-order valence-corrected chi connectivity index (χ0v) is 12.3. The van der Waals surface area contributed by atoms with E-state index in [0.717, 1.165) is 10.2 Å². The van der Waals surface area contributed by atoms with Gasteiger partial charge in [-0.2, -0.15) is 4.68 Å². The first-order valence-electron chi connectivity index (χ1n) is 6.08. The Balaban J connectivity index is 1.72. The number of carbonyl (C=O) groups is 1. The van der Waals surface area contributed by atoms with Gasteiger partial charge in [-0.25, -0.2) is 4.79 Å². The highest BCUT2D eigenvalue weighted by Gasteiger charge is 2.13. The SMILES string of the molecule is O=C(OCc1nnnn1-c1ccccc1)c1cc(Br)c[nH]1. The highest BCUT2D eigenvalue weighted by Crippen LogP contribution is 2.13. The summed E-state index contributed by atoms with van der Waals surface area (Å²) in [6, 6.07) is 11.0. The Bertz CT molecular complexity index is 753. The van der Waals surface area contributed by atoms with Gasteiger partial charge < -0.3 is 9.72 Å². The third-order valence-electron chi connectivity index (χ3n) is 2.73. The van der Waals surface area contributed by atoms with E-state index in [9.17, 15) is 4.79 Å². The van der Waals surface area contributed by atoms with E-state index in [-0.39, 0.29) is 6.61 Å². The number of nitrogens with zero attached hydrogens (tertiary/aromatic N) is 4. The fourth-order valence-corrected chi connectivity index (χ4v) is 2.10. The molecule has 2 heterocycles. The zero-order chi connectivity index (χ0) is 14.7. The second kappa shape index (κ2) is 5.88. The van der Waals surface area contributed by atoms with Gasteiger partial charge in [0.2, 0.25) is 0 Å². The van der Waals surface area contributed by atoms with E-state index in [0.29, 0.717) is 11.5 Å². The van der Waals surface area contributed by atoms with E-state index in [1.54, 1.807) is 12.3 Å². The van der Waals surface area contributed by atoms with Gasteiger partial charge in [-0.3, -0.25) is 0 Å². The summed E-state index contributed by atoms with van der Waals surface area (Å²) in [6.07, 6.45) is 1.66. The van der Waals surface area contributed by atoms with Gasteiger partial charge in [0, 0.05) is 10.7 Å². The fourth-order valence-electron chi connectivity index (χ4n) is 1.76. The molecular weight excluding hydrogens is 338 g/mol. The largest absolute Gasteiger partial charge is 0.453 e. The molecule has 21 heavy (non-hydrogen) atoms. The van der Waals surface area contributed by atoms with E-state index in [1.807, 2.05) is 30.3 Å². The summed E-state index contributed by atoms with van der Waals surface area (Å²) in [5.74, 6) is -0.0246. The van der Waals surface area contributed by atoms with Crippen molar-refractivity contribution in [3.05, 3.63) is 58.6 Å². The molecule has 0 aliphatic heterocycles. The first-order valence-corrected chi connectivity index (χ1v) is 6.87. The number of aromatic nitrogens is 5. The molecule has 0 fully saturated rings. The van der Waals surface area contributed by atoms with Crippen LogP contribution in [0.3, 0.4) is 0 Å². The molecule has 0 amide bonds. The molecule has 0 spiro atoms. The molecule has 2 aromatic heterocycles. The maximum Gasteiger partial charge on any atom is 0.355 e. The summed E-state index contributed by atoms with van der Waals surface area (Å²) in [7, 11) is 0. The molecule has 0 aliphatic rings. The van der Waals surface area contributed by atoms with Crippen LogP contribution >= 0.6 is 15.9 Å². The van der Waals surface area contributed by atoms with Crippen LogP contribution in [-0.2, 0) is 11.3 Å². The molecule has 1 aromatic carbocycles. The Morgan fingerprint density at radius 3 is 2.86 bits per heavy atom. The van der Waals surface area contributed by atoms with Crippen molar-refractivity contribution in [1.82, 2.24) is 25.2 Å². The summed E-state index contributed by atoms with van der Waals surface area (Å²) in [4.78, 5) is 14.7. The number of ether oxygens (including phenoxy) is 1. The summed E-state index contributed by atoms with van der Waals surface area (Å²) in [5.41, 5.74) is 1.16. The second-order valence-corrected chi connectivity index (χ2v) is 5.07. The first-order chi connectivity index (χ1) is 10.2. The molecule has 0 bridgehead atoms. The lowest BCUT2D eigenvalue weighted by Gasteiger charge is -2.05. The lowest BCUT2D eigenvalue weighted by atomic mass is 10.3. The number of rotatable bonds is 4. The Labute approximate surface area is 128 Å². The molecule has 0 atom stereocenters. The van der Waals surface area contributed by atoms with Gasteiger partial charge in [0.15, 0.2) is 12.4 Å². The van der Waals surface area contributed by atoms with Gasteiger partial charge >= 0.3 is 5.97 Å². The molecule has 0 radical (unpaired) electrons. The van der Waals surface area contributed by atoms with Crippen molar-refractivity contribution >= 4 is 21.9 Å². The molecule has 0 saturated carbocycles. The maximum absolute atomic E-state index is 11.8. The van der Waals surface area contributed by atoms with Gasteiger partial charge in [0.1, 0.15) is 5.69 Å². The van der Waals surface area contributed by atoms with Crippen molar-refractivity contribution in [3.8, 4) is 5.69 Å². The molecule has 106 valence electrons. The number of esters is 1. The lowest BCUT2D eigenvalue weighted by Crippen LogP contribution is -2.10. The normalized spacial score (nSPS) is 10.5. The van der Waals surface area contributed by atoms with Crippen LogP contribution in [0.5, 0.6) is 0 Å². The Morgan fingerprint density at radius 1 is 1.33 bits per heavy atom. The highest BCUT2D eigenvalue weighted by molar-refractivity contribution is 9.10. The number of tetrazole rings is 1. The van der Waals surface area contributed by atoms with Crippen molar-refractivity contribution < 1.29 is 9.53 Å². The molecule has 3 rings (SSSR count). The number of benzene rings is 1. The van der Waals surface area contributed by atoms with Gasteiger partial charge in [-0.1, -0.05) is 18.2 Å². The lowest BCUT2D eigenvalue weighted by molar-refractivity contribution is 0.0453. The standard InChI is InChI=1S/C13H10BrN5O2/c14-9-6-11(15-7-9)13(20)21-8-12-16-17-18-19(12)10-4-2-1-3-5-10/h1-7,15H,8H2. The number of halogens is 1. The third-order valence-corrected chi connectivity index (χ3v) is 3.19. The Kier molecular flexibility index (Phi) is 3.78. The van der Waals surface area contributed by atoms with Gasteiger partial charge in [-0.05, 0) is 44.6 Å². The molecule has 0 saturated heterocycles. The maximum atomic E-state index is 11.8. The second-order valence-electron chi connectivity index (χ2n) is 4.15. The molecule has 1 N–H and O–H groups in total. The predicted octanol–water partition coefficient (Wildman–Crippen LogP) is 2.11. The van der Waals surface area contributed by atoms with Crippen LogP contribution < -0.4 is 0 Å². The summed E-state index contributed by atoms with van der Waals surface area (Å²) >= 11 is 3.26. The van der Waals surface area contributed by atoms with Crippen molar-refractivity contribution in [2.75, 3.05) is 0 Å². The van der Waals surface area contributed by atoms with Gasteiger partial charge in [0.25, 0.3) is 0 Å². The van der Waals surface area contributed by atoms with Crippen LogP contribution in [-0.4, -0.2) is 31.2 Å². The minimum absolute atomic E-state index is 0.0165. The number of para-hydroxylation sites is 1. The summed E-state index contributed by atoms with van der Waals surface area (Å²) in [5, 5.41) is 11.4. The van der Waals surface area contributed by atoms with Crippen molar-refractivity contribution in [3.63, 3.8) is 0 Å². The van der Waals surface area contributed by atoms with E-state index < -0.39 is 5.97 Å². The van der Waals surface area contributed by atoms with Crippen LogP contribution in [0.2, 0.25) is 0 Å². The zero-order valence-electron chi connectivity index (χ0n) is 10.7. The van der Waals surface area contributed by atoms with Crippen LogP contribution in [0.1, 0.15) is 16.3 Å². The van der Waals surface area contributed by atoms with Gasteiger partial charge in [0.05, 0.1) is 5.69 Å². The first kappa shape index (κ1) is 13.5. The third kappa shape index (κ3) is 3.00. The minimum Gasteiger partial charge on any atom is -0.453 e. The fraction of sp³-hybridized carbons (Fsp3) is 0.0769. The highest BCUT2D eigenvalue weighted by atomic mass is 79.9. The van der Waals surface area contributed by atoms with Crippen LogP contribution in [0.15, 0.2) is 47.1 Å². The molecule has 7 nitrogen and oxygen atoms in total. The summed E-state index contributed by atoms with van der Waals surface area (Å²) in [6.45, 7) is -0.0165. The van der Waals surface area contributed by atoms with Crippen LogP contribution in [0.4, 0.5) is 0 Å². The summed E-state index contributed by atoms with van der Waals surface area (Å²) < 4.78 is 7.50. The quantitative estimate of drug-likeness (QED) is 0.730. The van der Waals surface area contributed by atoms with E-state index in [1.165, 1.54) is 4.68 Å². The average molecular weight is 348 g/mol. The van der Waals surface area contributed by atoms with E-state index in [2.05, 4.69) is 36.4 Å². The predicted molar refractivity (Wildman–Crippen MR) is 76.8 cm³/mol. The Hall–Kier alpha value is -2.48. The Morgan fingerprint density at radius 2 is 2.14 bits per heavy atom. The number of aromatic amines is 1. The number of hydrogen-bond acceptors (Lipinski definition) is 5. The van der Waals surface area contributed by atoms with Crippen LogP contribution in [0.25, 0.3) is 5.69 Å². The molecule has 3 aromatic rings.